The average Bonchev–Trinajstić information content (AvgIpc) is 2.57. The number of ether oxygens (including phenoxy) is 2. The second-order valence-electron chi connectivity index (χ2n) is 5.15. The lowest BCUT2D eigenvalue weighted by molar-refractivity contribution is -0.0346. The molecule has 22 heavy (non-hydrogen) atoms. The summed E-state index contributed by atoms with van der Waals surface area (Å²) in [5.41, 5.74) is 6.59. The van der Waals surface area contributed by atoms with Crippen molar-refractivity contribution < 1.29 is 9.47 Å². The number of nitrogens with zero attached hydrogens (tertiary/aromatic N) is 3. The summed E-state index contributed by atoms with van der Waals surface area (Å²) in [5.74, 6) is 1.33. The van der Waals surface area contributed by atoms with Crippen molar-refractivity contribution in [3.8, 4) is 5.75 Å². The second kappa shape index (κ2) is 7.20. The van der Waals surface area contributed by atoms with Gasteiger partial charge >= 0.3 is 0 Å². The van der Waals surface area contributed by atoms with Crippen molar-refractivity contribution in [3.63, 3.8) is 0 Å². The Bertz CT molecular complexity index is 594. The largest absolute Gasteiger partial charge is 0.492 e. The topological polar surface area (TPSA) is 73.5 Å². The van der Waals surface area contributed by atoms with Crippen LogP contribution in [-0.2, 0) is 4.74 Å². The summed E-state index contributed by atoms with van der Waals surface area (Å²) in [6.07, 6.45) is 3.11. The molecule has 2 heterocycles. The van der Waals surface area contributed by atoms with E-state index in [0.717, 1.165) is 31.1 Å². The van der Waals surface area contributed by atoms with Crippen LogP contribution in [0.3, 0.4) is 0 Å². The number of morpholine rings is 1. The number of nitrogen functional groups attached to an aromatic ring is 1. The third kappa shape index (κ3) is 3.72. The van der Waals surface area contributed by atoms with Crippen molar-refractivity contribution in [2.45, 2.75) is 6.10 Å². The van der Waals surface area contributed by atoms with Crippen LogP contribution in [-0.4, -0.2) is 47.7 Å². The van der Waals surface area contributed by atoms with Crippen molar-refractivity contribution in [2.75, 3.05) is 38.6 Å². The van der Waals surface area contributed by atoms with Gasteiger partial charge in [-0.15, -0.1) is 0 Å². The number of nitrogens with two attached hydrogens (primary N) is 1. The molecule has 116 valence electrons. The highest BCUT2D eigenvalue weighted by atomic mass is 16.5. The first-order valence-corrected chi connectivity index (χ1v) is 7.41. The van der Waals surface area contributed by atoms with E-state index in [0.29, 0.717) is 19.0 Å². The van der Waals surface area contributed by atoms with Gasteiger partial charge in [-0.05, 0) is 12.1 Å². The first-order chi connectivity index (χ1) is 10.8. The smallest absolute Gasteiger partial charge is 0.147 e. The summed E-state index contributed by atoms with van der Waals surface area (Å²) in [5, 5.41) is 0. The van der Waals surface area contributed by atoms with Gasteiger partial charge in [-0.2, -0.15) is 0 Å². The van der Waals surface area contributed by atoms with Gasteiger partial charge in [0.1, 0.15) is 30.0 Å². The average molecular weight is 300 g/mol. The van der Waals surface area contributed by atoms with E-state index in [1.165, 1.54) is 0 Å². The summed E-state index contributed by atoms with van der Waals surface area (Å²) in [4.78, 5) is 10.7. The molecule has 1 aliphatic heterocycles. The van der Waals surface area contributed by atoms with Crippen LogP contribution in [0.4, 0.5) is 5.82 Å². The Morgan fingerprint density at radius 2 is 2.05 bits per heavy atom. The molecule has 1 aromatic carbocycles. The van der Waals surface area contributed by atoms with Crippen LogP contribution in [0.15, 0.2) is 42.7 Å². The maximum absolute atomic E-state index is 5.88. The van der Waals surface area contributed by atoms with Gasteiger partial charge in [0, 0.05) is 32.0 Å². The Labute approximate surface area is 129 Å². The standard InChI is InChI=1S/C16H20N4O2/c17-16-15(18-6-7-19-16)14-12-20(9-11-22-14)8-10-21-13-4-2-1-3-5-13/h1-7,14H,8-12H2,(H2,17,19)/t14-/m0/s1. The predicted molar refractivity (Wildman–Crippen MR) is 83.5 cm³/mol. The molecule has 0 amide bonds. The van der Waals surface area contributed by atoms with E-state index < -0.39 is 0 Å². The zero-order valence-corrected chi connectivity index (χ0v) is 12.4. The number of anilines is 1. The van der Waals surface area contributed by atoms with E-state index in [1.807, 2.05) is 30.3 Å². The zero-order valence-electron chi connectivity index (χ0n) is 12.4. The van der Waals surface area contributed by atoms with E-state index in [4.69, 9.17) is 15.2 Å². The van der Waals surface area contributed by atoms with Gasteiger partial charge in [0.15, 0.2) is 0 Å². The monoisotopic (exact) mass is 300 g/mol. The lowest BCUT2D eigenvalue weighted by atomic mass is 10.2. The molecule has 3 rings (SSSR count). The Morgan fingerprint density at radius 3 is 2.86 bits per heavy atom. The van der Waals surface area contributed by atoms with Crippen LogP contribution in [0.5, 0.6) is 5.75 Å². The van der Waals surface area contributed by atoms with E-state index in [2.05, 4.69) is 14.9 Å². The zero-order chi connectivity index (χ0) is 15.2. The van der Waals surface area contributed by atoms with Gasteiger partial charge in [0.25, 0.3) is 0 Å². The van der Waals surface area contributed by atoms with E-state index in [-0.39, 0.29) is 6.10 Å². The molecule has 0 radical (unpaired) electrons. The molecule has 1 saturated heterocycles. The Morgan fingerprint density at radius 1 is 1.23 bits per heavy atom. The molecule has 1 aliphatic rings. The number of benzene rings is 1. The quantitative estimate of drug-likeness (QED) is 0.902. The van der Waals surface area contributed by atoms with Gasteiger partial charge in [-0.25, -0.2) is 4.98 Å². The minimum atomic E-state index is -0.126. The van der Waals surface area contributed by atoms with Crippen LogP contribution in [0.25, 0.3) is 0 Å². The molecule has 6 nitrogen and oxygen atoms in total. The first-order valence-electron chi connectivity index (χ1n) is 7.41. The van der Waals surface area contributed by atoms with Crippen LogP contribution in [0, 0.1) is 0 Å². The van der Waals surface area contributed by atoms with Crippen LogP contribution in [0.2, 0.25) is 0 Å². The minimum Gasteiger partial charge on any atom is -0.492 e. The van der Waals surface area contributed by atoms with Gasteiger partial charge < -0.3 is 15.2 Å². The van der Waals surface area contributed by atoms with E-state index in [9.17, 15) is 0 Å². The molecule has 0 aliphatic carbocycles. The fourth-order valence-corrected chi connectivity index (χ4v) is 2.49. The summed E-state index contributed by atoms with van der Waals surface area (Å²) >= 11 is 0. The first kappa shape index (κ1) is 14.7. The van der Waals surface area contributed by atoms with Crippen molar-refractivity contribution >= 4 is 5.82 Å². The van der Waals surface area contributed by atoms with E-state index >= 15 is 0 Å². The summed E-state index contributed by atoms with van der Waals surface area (Å²) < 4.78 is 11.5. The molecule has 1 aromatic heterocycles. The number of aromatic nitrogens is 2. The molecule has 1 atom stereocenters. The van der Waals surface area contributed by atoms with Gasteiger partial charge in [-0.3, -0.25) is 9.88 Å². The molecule has 0 saturated carbocycles. The normalized spacial score (nSPS) is 19.0. The molecule has 1 fully saturated rings. The fraction of sp³-hybridized carbons (Fsp3) is 0.375. The Hall–Kier alpha value is -2.18. The molecule has 0 spiro atoms. The molecular weight excluding hydrogens is 280 g/mol. The minimum absolute atomic E-state index is 0.126. The Kier molecular flexibility index (Phi) is 4.82. The van der Waals surface area contributed by atoms with Crippen LogP contribution >= 0.6 is 0 Å². The summed E-state index contributed by atoms with van der Waals surface area (Å²) in [6, 6.07) is 9.84. The highest BCUT2D eigenvalue weighted by Crippen LogP contribution is 2.23. The van der Waals surface area contributed by atoms with Gasteiger partial charge in [0.05, 0.1) is 6.61 Å². The fourth-order valence-electron chi connectivity index (χ4n) is 2.49. The van der Waals surface area contributed by atoms with Crippen molar-refractivity contribution in [1.82, 2.24) is 14.9 Å². The van der Waals surface area contributed by atoms with Gasteiger partial charge in [-0.1, -0.05) is 18.2 Å². The maximum atomic E-state index is 5.88. The molecule has 0 unspecified atom stereocenters. The second-order valence-corrected chi connectivity index (χ2v) is 5.15. The van der Waals surface area contributed by atoms with E-state index in [1.54, 1.807) is 12.4 Å². The van der Waals surface area contributed by atoms with Crippen molar-refractivity contribution in [1.29, 1.82) is 0 Å². The number of rotatable bonds is 5. The molecule has 6 heteroatoms. The predicted octanol–water partition coefficient (Wildman–Crippen LogP) is 1.51. The number of hydrogen-bond donors (Lipinski definition) is 1. The highest BCUT2D eigenvalue weighted by Gasteiger charge is 2.24. The highest BCUT2D eigenvalue weighted by molar-refractivity contribution is 5.35. The molecule has 0 bridgehead atoms. The van der Waals surface area contributed by atoms with Crippen LogP contribution < -0.4 is 10.5 Å². The SMILES string of the molecule is Nc1nccnc1[C@@H]1CN(CCOc2ccccc2)CCO1. The van der Waals surface area contributed by atoms with Crippen molar-refractivity contribution in [3.05, 3.63) is 48.4 Å². The van der Waals surface area contributed by atoms with Crippen LogP contribution in [0.1, 0.15) is 11.8 Å². The summed E-state index contributed by atoms with van der Waals surface area (Å²) in [6.45, 7) is 3.78. The third-order valence-electron chi connectivity index (χ3n) is 3.63. The van der Waals surface area contributed by atoms with Gasteiger partial charge in [0.2, 0.25) is 0 Å². The molecule has 2 N–H and O–H groups in total. The Balaban J connectivity index is 1.52. The lowest BCUT2D eigenvalue weighted by Gasteiger charge is -2.32. The number of hydrogen-bond acceptors (Lipinski definition) is 6. The third-order valence-corrected chi connectivity index (χ3v) is 3.63. The lowest BCUT2D eigenvalue weighted by Crippen LogP contribution is -2.40. The molecular formula is C16H20N4O2. The summed E-state index contributed by atoms with van der Waals surface area (Å²) in [7, 11) is 0. The maximum Gasteiger partial charge on any atom is 0.147 e. The number of para-hydroxylation sites is 1. The van der Waals surface area contributed by atoms with Crippen molar-refractivity contribution in [2.24, 2.45) is 0 Å². The molecule has 2 aromatic rings.